The van der Waals surface area contributed by atoms with Crippen molar-refractivity contribution in [3.05, 3.63) is 94.5 Å². The number of rotatable bonds is 9. The molecule has 0 saturated heterocycles. The van der Waals surface area contributed by atoms with E-state index in [4.69, 9.17) is 14.2 Å². The van der Waals surface area contributed by atoms with E-state index in [9.17, 15) is 9.18 Å². The Morgan fingerprint density at radius 2 is 1.72 bits per heavy atom. The average Bonchev–Trinajstić information content (AvgIpc) is 2.83. The number of ether oxygens (including phenoxy) is 3. The van der Waals surface area contributed by atoms with E-state index in [-0.39, 0.29) is 5.39 Å². The summed E-state index contributed by atoms with van der Waals surface area (Å²) in [5.74, 6) is 0.526. The molecule has 1 heterocycles. The van der Waals surface area contributed by atoms with Gasteiger partial charge in [-0.15, -0.1) is 0 Å². The standard InChI is InChI=1S/C26H24FNO4/c1-30-20-10-8-19(9-11-20)21-16-28-25-23(13-12-22(27)24(25)26(21)29)32-15-5-14-31-17-18-6-3-2-4-7-18/h2-4,6-13,16H,5,14-15,17H2,1H3,(H,28,29). The molecule has 5 nitrogen and oxygen atoms in total. The molecule has 0 atom stereocenters. The Labute approximate surface area is 185 Å². The van der Waals surface area contributed by atoms with Gasteiger partial charge in [-0.25, -0.2) is 4.39 Å². The number of hydrogen-bond donors (Lipinski definition) is 1. The molecule has 0 aliphatic heterocycles. The van der Waals surface area contributed by atoms with Gasteiger partial charge in [0, 0.05) is 18.2 Å². The third-order valence-electron chi connectivity index (χ3n) is 5.15. The van der Waals surface area contributed by atoms with Crippen LogP contribution < -0.4 is 14.9 Å². The lowest BCUT2D eigenvalue weighted by Crippen LogP contribution is -2.10. The molecule has 0 saturated carbocycles. The highest BCUT2D eigenvalue weighted by atomic mass is 19.1. The summed E-state index contributed by atoms with van der Waals surface area (Å²) >= 11 is 0. The van der Waals surface area contributed by atoms with Gasteiger partial charge in [-0.1, -0.05) is 42.5 Å². The Morgan fingerprint density at radius 3 is 2.47 bits per heavy atom. The number of aromatic amines is 1. The molecule has 0 fully saturated rings. The maximum Gasteiger partial charge on any atom is 0.200 e. The molecule has 0 bridgehead atoms. The summed E-state index contributed by atoms with van der Waals surface area (Å²) in [4.78, 5) is 16.1. The van der Waals surface area contributed by atoms with Crippen molar-refractivity contribution in [2.45, 2.75) is 13.0 Å². The van der Waals surface area contributed by atoms with Crippen molar-refractivity contribution >= 4 is 10.9 Å². The van der Waals surface area contributed by atoms with Gasteiger partial charge in [-0.2, -0.15) is 0 Å². The Kier molecular flexibility index (Phi) is 6.82. The zero-order valence-electron chi connectivity index (χ0n) is 17.8. The second-order valence-corrected chi connectivity index (χ2v) is 7.30. The van der Waals surface area contributed by atoms with Crippen molar-refractivity contribution in [3.63, 3.8) is 0 Å². The Morgan fingerprint density at radius 1 is 0.938 bits per heavy atom. The van der Waals surface area contributed by atoms with Gasteiger partial charge in [0.2, 0.25) is 0 Å². The van der Waals surface area contributed by atoms with Gasteiger partial charge in [0.15, 0.2) is 5.43 Å². The first-order valence-corrected chi connectivity index (χ1v) is 10.4. The molecule has 1 aromatic heterocycles. The van der Waals surface area contributed by atoms with Crippen LogP contribution in [0.25, 0.3) is 22.0 Å². The predicted octanol–water partition coefficient (Wildman–Crippen LogP) is 5.33. The summed E-state index contributed by atoms with van der Waals surface area (Å²) in [7, 11) is 1.57. The number of benzene rings is 3. The van der Waals surface area contributed by atoms with Gasteiger partial charge >= 0.3 is 0 Å². The number of fused-ring (bicyclic) bond motifs is 1. The lowest BCUT2D eigenvalue weighted by atomic mass is 10.0. The number of H-pyrrole nitrogens is 1. The fraction of sp³-hybridized carbons (Fsp3) is 0.192. The van der Waals surface area contributed by atoms with Crippen LogP contribution in [0.1, 0.15) is 12.0 Å². The lowest BCUT2D eigenvalue weighted by molar-refractivity contribution is 0.107. The minimum Gasteiger partial charge on any atom is -0.497 e. The molecule has 3 aromatic carbocycles. The zero-order chi connectivity index (χ0) is 22.3. The second-order valence-electron chi connectivity index (χ2n) is 7.30. The molecule has 164 valence electrons. The number of nitrogens with one attached hydrogen (secondary N) is 1. The largest absolute Gasteiger partial charge is 0.497 e. The fourth-order valence-corrected chi connectivity index (χ4v) is 3.48. The van der Waals surface area contributed by atoms with E-state index < -0.39 is 11.2 Å². The first-order chi connectivity index (χ1) is 15.7. The maximum absolute atomic E-state index is 14.6. The van der Waals surface area contributed by atoms with Crippen LogP contribution in [0.5, 0.6) is 11.5 Å². The van der Waals surface area contributed by atoms with Crippen molar-refractivity contribution in [1.82, 2.24) is 4.98 Å². The number of hydrogen-bond acceptors (Lipinski definition) is 4. The van der Waals surface area contributed by atoms with Gasteiger partial charge in [0.05, 0.1) is 37.8 Å². The summed E-state index contributed by atoms with van der Waals surface area (Å²) in [5.41, 5.74) is 2.12. The number of aromatic nitrogens is 1. The summed E-state index contributed by atoms with van der Waals surface area (Å²) in [6, 6.07) is 19.8. The highest BCUT2D eigenvalue weighted by Gasteiger charge is 2.15. The zero-order valence-corrected chi connectivity index (χ0v) is 17.8. The van der Waals surface area contributed by atoms with Gasteiger partial charge < -0.3 is 19.2 Å². The first kappa shape index (κ1) is 21.6. The van der Waals surface area contributed by atoms with Crippen molar-refractivity contribution in [2.24, 2.45) is 0 Å². The molecule has 32 heavy (non-hydrogen) atoms. The molecular formula is C26H24FNO4. The van der Waals surface area contributed by atoms with Gasteiger partial charge in [-0.05, 0) is 35.4 Å². The van der Waals surface area contributed by atoms with Gasteiger partial charge in [-0.3, -0.25) is 4.79 Å². The molecular weight excluding hydrogens is 409 g/mol. The third-order valence-corrected chi connectivity index (χ3v) is 5.15. The highest BCUT2D eigenvalue weighted by Crippen LogP contribution is 2.27. The monoisotopic (exact) mass is 433 g/mol. The van der Waals surface area contributed by atoms with Crippen LogP contribution in [0, 0.1) is 5.82 Å². The van der Waals surface area contributed by atoms with Crippen molar-refractivity contribution in [2.75, 3.05) is 20.3 Å². The SMILES string of the molecule is COc1ccc(-c2c[nH]c3c(OCCCOCc4ccccc4)ccc(F)c3c2=O)cc1. The minimum absolute atomic E-state index is 0.0175. The summed E-state index contributed by atoms with van der Waals surface area (Å²) < 4.78 is 31.2. The summed E-state index contributed by atoms with van der Waals surface area (Å²) in [6.45, 7) is 1.46. The Hall–Kier alpha value is -3.64. The van der Waals surface area contributed by atoms with Crippen LogP contribution in [-0.4, -0.2) is 25.3 Å². The molecule has 6 heteroatoms. The van der Waals surface area contributed by atoms with Gasteiger partial charge in [0.25, 0.3) is 0 Å². The maximum atomic E-state index is 14.6. The number of methoxy groups -OCH3 is 1. The normalized spacial score (nSPS) is 10.9. The lowest BCUT2D eigenvalue weighted by Gasteiger charge is -2.11. The Bertz CT molecular complexity index is 1240. The third kappa shape index (κ3) is 4.81. The van der Waals surface area contributed by atoms with E-state index in [0.717, 1.165) is 5.56 Å². The molecule has 0 aliphatic carbocycles. The molecule has 0 unspecified atom stereocenters. The number of halogens is 1. The predicted molar refractivity (Wildman–Crippen MR) is 123 cm³/mol. The summed E-state index contributed by atoms with van der Waals surface area (Å²) in [6.07, 6.45) is 2.25. The van der Waals surface area contributed by atoms with Crippen LogP contribution >= 0.6 is 0 Å². The fourth-order valence-electron chi connectivity index (χ4n) is 3.48. The highest BCUT2D eigenvalue weighted by molar-refractivity contribution is 5.88. The topological polar surface area (TPSA) is 60.6 Å². The van der Waals surface area contributed by atoms with Crippen LogP contribution in [0.3, 0.4) is 0 Å². The minimum atomic E-state index is -0.588. The van der Waals surface area contributed by atoms with E-state index in [1.54, 1.807) is 37.6 Å². The number of pyridine rings is 1. The van der Waals surface area contributed by atoms with E-state index in [1.165, 1.54) is 12.1 Å². The van der Waals surface area contributed by atoms with E-state index >= 15 is 0 Å². The van der Waals surface area contributed by atoms with Crippen molar-refractivity contribution in [1.29, 1.82) is 0 Å². The van der Waals surface area contributed by atoms with E-state index in [1.807, 2.05) is 30.3 Å². The molecule has 0 aliphatic rings. The van der Waals surface area contributed by atoms with Crippen LogP contribution in [0.2, 0.25) is 0 Å². The van der Waals surface area contributed by atoms with Crippen LogP contribution in [-0.2, 0) is 11.3 Å². The van der Waals surface area contributed by atoms with Crippen molar-refractivity contribution < 1.29 is 18.6 Å². The molecule has 4 rings (SSSR count). The molecule has 0 radical (unpaired) electrons. The average molecular weight is 433 g/mol. The van der Waals surface area contributed by atoms with Crippen LogP contribution in [0.4, 0.5) is 4.39 Å². The summed E-state index contributed by atoms with van der Waals surface area (Å²) in [5, 5.41) is -0.0175. The van der Waals surface area contributed by atoms with Crippen LogP contribution in [0.15, 0.2) is 77.7 Å². The smallest absolute Gasteiger partial charge is 0.200 e. The molecule has 1 N–H and O–H groups in total. The molecule has 4 aromatic rings. The van der Waals surface area contributed by atoms with E-state index in [2.05, 4.69) is 4.98 Å². The second kappa shape index (κ2) is 10.1. The molecule has 0 amide bonds. The quantitative estimate of drug-likeness (QED) is 0.363. The van der Waals surface area contributed by atoms with Gasteiger partial charge in [0.1, 0.15) is 17.3 Å². The molecule has 0 spiro atoms. The Balaban J connectivity index is 1.45. The van der Waals surface area contributed by atoms with E-state index in [0.29, 0.717) is 54.4 Å². The van der Waals surface area contributed by atoms with Crippen molar-refractivity contribution in [3.8, 4) is 22.6 Å². The first-order valence-electron chi connectivity index (χ1n) is 10.4.